The number of nitrogens with one attached hydrogen (secondary N) is 2. The number of carbonyl (C=O) groups is 2. The molecular formula is C19H20F3N3O3. The Morgan fingerprint density at radius 3 is 2.18 bits per heavy atom. The molecule has 0 spiro atoms. The molecule has 0 aromatic heterocycles. The monoisotopic (exact) mass is 395 g/mol. The van der Waals surface area contributed by atoms with Crippen molar-refractivity contribution in [3.05, 3.63) is 59.7 Å². The van der Waals surface area contributed by atoms with Gasteiger partial charge in [-0.1, -0.05) is 12.1 Å². The van der Waals surface area contributed by atoms with Gasteiger partial charge in [-0.05, 0) is 49.0 Å². The Kier molecular flexibility index (Phi) is 7.00. The van der Waals surface area contributed by atoms with Crippen LogP contribution < -0.4 is 15.4 Å². The van der Waals surface area contributed by atoms with E-state index in [2.05, 4.69) is 15.4 Å². The van der Waals surface area contributed by atoms with Gasteiger partial charge in [0.05, 0.1) is 6.54 Å². The van der Waals surface area contributed by atoms with Crippen molar-refractivity contribution in [1.82, 2.24) is 10.2 Å². The Bertz CT molecular complexity index is 806. The Labute approximate surface area is 160 Å². The van der Waals surface area contributed by atoms with Crippen LogP contribution in [-0.2, 0) is 11.3 Å². The van der Waals surface area contributed by atoms with E-state index < -0.39 is 6.36 Å². The van der Waals surface area contributed by atoms with Gasteiger partial charge in [0, 0.05) is 24.8 Å². The van der Waals surface area contributed by atoms with E-state index in [1.54, 1.807) is 36.2 Å². The van der Waals surface area contributed by atoms with Crippen LogP contribution in [0.1, 0.15) is 15.9 Å². The van der Waals surface area contributed by atoms with Gasteiger partial charge < -0.3 is 15.4 Å². The Morgan fingerprint density at radius 2 is 1.64 bits per heavy atom. The van der Waals surface area contributed by atoms with Crippen LogP contribution in [0.3, 0.4) is 0 Å². The van der Waals surface area contributed by atoms with Gasteiger partial charge in [0.2, 0.25) is 5.91 Å². The maximum absolute atomic E-state index is 12.2. The van der Waals surface area contributed by atoms with Gasteiger partial charge in [0.25, 0.3) is 5.91 Å². The van der Waals surface area contributed by atoms with Crippen molar-refractivity contribution in [2.45, 2.75) is 12.9 Å². The number of hydrogen-bond donors (Lipinski definition) is 2. The van der Waals surface area contributed by atoms with Crippen LogP contribution in [-0.4, -0.2) is 43.7 Å². The van der Waals surface area contributed by atoms with Gasteiger partial charge in [-0.2, -0.15) is 0 Å². The smallest absolute Gasteiger partial charge is 0.406 e. The molecular weight excluding hydrogens is 375 g/mol. The third-order valence-corrected chi connectivity index (χ3v) is 3.68. The average molecular weight is 395 g/mol. The summed E-state index contributed by atoms with van der Waals surface area (Å²) in [7, 11) is 3.25. The fourth-order valence-electron chi connectivity index (χ4n) is 2.46. The summed E-state index contributed by atoms with van der Waals surface area (Å²) in [6.45, 7) is 0.452. The largest absolute Gasteiger partial charge is 0.573 e. The topological polar surface area (TPSA) is 70.7 Å². The highest BCUT2D eigenvalue weighted by atomic mass is 19.4. The fourth-order valence-corrected chi connectivity index (χ4v) is 2.46. The second-order valence-corrected chi connectivity index (χ2v) is 6.07. The lowest BCUT2D eigenvalue weighted by Gasteiger charge is -2.17. The van der Waals surface area contributed by atoms with Gasteiger partial charge >= 0.3 is 6.36 Å². The van der Waals surface area contributed by atoms with E-state index in [4.69, 9.17) is 0 Å². The van der Waals surface area contributed by atoms with E-state index in [1.807, 2.05) is 0 Å². The minimum atomic E-state index is -4.73. The van der Waals surface area contributed by atoms with E-state index >= 15 is 0 Å². The number of ether oxygens (including phenoxy) is 1. The maximum atomic E-state index is 12.2. The lowest BCUT2D eigenvalue weighted by atomic mass is 10.2. The first kappa shape index (κ1) is 21.2. The molecule has 0 aliphatic rings. The molecule has 2 amide bonds. The summed E-state index contributed by atoms with van der Waals surface area (Å²) in [6, 6.07) is 11.9. The zero-order valence-electron chi connectivity index (χ0n) is 15.3. The van der Waals surface area contributed by atoms with E-state index in [1.165, 1.54) is 31.3 Å². The summed E-state index contributed by atoms with van der Waals surface area (Å²) in [4.78, 5) is 25.3. The second-order valence-electron chi connectivity index (χ2n) is 6.07. The van der Waals surface area contributed by atoms with Crippen molar-refractivity contribution < 1.29 is 27.5 Å². The van der Waals surface area contributed by atoms with Crippen LogP contribution in [0.2, 0.25) is 0 Å². The van der Waals surface area contributed by atoms with Crippen molar-refractivity contribution in [3.63, 3.8) is 0 Å². The van der Waals surface area contributed by atoms with Gasteiger partial charge in [-0.15, -0.1) is 13.2 Å². The summed E-state index contributed by atoms with van der Waals surface area (Å²) < 4.78 is 40.3. The molecule has 6 nitrogen and oxygen atoms in total. The molecule has 0 radical (unpaired) electrons. The number of rotatable bonds is 7. The number of alkyl halides is 3. The molecule has 0 unspecified atom stereocenters. The van der Waals surface area contributed by atoms with Crippen LogP contribution in [0.4, 0.5) is 18.9 Å². The van der Waals surface area contributed by atoms with Gasteiger partial charge in [-0.3, -0.25) is 14.5 Å². The van der Waals surface area contributed by atoms with Crippen molar-refractivity contribution in [2.75, 3.05) is 26.0 Å². The molecule has 0 aliphatic carbocycles. The highest BCUT2D eigenvalue weighted by molar-refractivity contribution is 5.96. The van der Waals surface area contributed by atoms with Gasteiger partial charge in [0.1, 0.15) is 5.75 Å². The predicted molar refractivity (Wildman–Crippen MR) is 97.9 cm³/mol. The molecule has 0 bridgehead atoms. The minimum absolute atomic E-state index is 0.0813. The molecule has 2 N–H and O–H groups in total. The van der Waals surface area contributed by atoms with E-state index in [9.17, 15) is 22.8 Å². The third kappa shape index (κ3) is 6.92. The summed E-state index contributed by atoms with van der Waals surface area (Å²) in [5, 5.41) is 5.23. The second kappa shape index (κ2) is 9.23. The van der Waals surface area contributed by atoms with Crippen molar-refractivity contribution >= 4 is 17.5 Å². The third-order valence-electron chi connectivity index (χ3n) is 3.68. The summed E-state index contributed by atoms with van der Waals surface area (Å²) in [5.74, 6) is -0.770. The van der Waals surface area contributed by atoms with Gasteiger partial charge in [0.15, 0.2) is 0 Å². The molecule has 0 aliphatic heterocycles. The molecule has 0 saturated carbocycles. The molecule has 2 aromatic carbocycles. The average Bonchev–Trinajstić information content (AvgIpc) is 2.62. The van der Waals surface area contributed by atoms with Crippen LogP contribution in [0, 0.1) is 0 Å². The van der Waals surface area contributed by atoms with E-state index in [0.717, 1.165) is 5.56 Å². The Balaban J connectivity index is 1.84. The number of anilines is 1. The first-order chi connectivity index (χ1) is 13.2. The number of benzene rings is 2. The van der Waals surface area contributed by atoms with Crippen LogP contribution in [0.25, 0.3) is 0 Å². The molecule has 150 valence electrons. The SMILES string of the molecule is CNC(=O)c1ccc(NC(=O)CN(C)Cc2ccc(OC(F)(F)F)cc2)cc1. The van der Waals surface area contributed by atoms with Crippen molar-refractivity contribution in [3.8, 4) is 5.75 Å². The van der Waals surface area contributed by atoms with E-state index in [-0.39, 0.29) is 24.1 Å². The molecule has 0 heterocycles. The molecule has 0 atom stereocenters. The standard InChI is InChI=1S/C19H20F3N3O3/c1-23-18(27)14-5-7-15(8-6-14)24-17(26)12-25(2)11-13-3-9-16(10-4-13)28-19(20,21)22/h3-10H,11-12H2,1-2H3,(H,23,27)(H,24,26). The quantitative estimate of drug-likeness (QED) is 0.756. The lowest BCUT2D eigenvalue weighted by Crippen LogP contribution is -2.29. The number of carbonyl (C=O) groups excluding carboxylic acids is 2. The highest BCUT2D eigenvalue weighted by Crippen LogP contribution is 2.23. The van der Waals surface area contributed by atoms with E-state index in [0.29, 0.717) is 17.8 Å². The number of likely N-dealkylation sites (N-methyl/N-ethyl adjacent to an activating group) is 1. The van der Waals surface area contributed by atoms with Crippen molar-refractivity contribution in [1.29, 1.82) is 0 Å². The maximum Gasteiger partial charge on any atom is 0.573 e. The zero-order valence-corrected chi connectivity index (χ0v) is 15.3. The molecule has 2 aromatic rings. The summed E-state index contributed by atoms with van der Waals surface area (Å²) >= 11 is 0. The molecule has 28 heavy (non-hydrogen) atoms. The lowest BCUT2D eigenvalue weighted by molar-refractivity contribution is -0.274. The van der Waals surface area contributed by atoms with Crippen LogP contribution in [0.5, 0.6) is 5.75 Å². The number of nitrogens with zero attached hydrogens (tertiary/aromatic N) is 1. The highest BCUT2D eigenvalue weighted by Gasteiger charge is 2.30. The molecule has 0 saturated heterocycles. The Morgan fingerprint density at radius 1 is 1.04 bits per heavy atom. The fraction of sp³-hybridized carbons (Fsp3) is 0.263. The Hall–Kier alpha value is -3.07. The summed E-state index contributed by atoms with van der Waals surface area (Å²) in [5.41, 5.74) is 1.77. The van der Waals surface area contributed by atoms with Crippen molar-refractivity contribution in [2.24, 2.45) is 0 Å². The zero-order chi connectivity index (χ0) is 20.7. The van der Waals surface area contributed by atoms with Crippen LogP contribution >= 0.6 is 0 Å². The molecule has 0 fully saturated rings. The summed E-state index contributed by atoms with van der Waals surface area (Å²) in [6.07, 6.45) is -4.73. The van der Waals surface area contributed by atoms with Crippen LogP contribution in [0.15, 0.2) is 48.5 Å². The number of halogens is 3. The molecule has 2 rings (SSSR count). The number of amides is 2. The normalized spacial score (nSPS) is 11.2. The minimum Gasteiger partial charge on any atom is -0.406 e. The first-order valence-electron chi connectivity index (χ1n) is 8.31. The first-order valence-corrected chi connectivity index (χ1v) is 8.31. The molecule has 9 heteroatoms. The predicted octanol–water partition coefficient (Wildman–Crippen LogP) is 3.02. The number of hydrogen-bond acceptors (Lipinski definition) is 4. The van der Waals surface area contributed by atoms with Gasteiger partial charge in [-0.25, -0.2) is 0 Å².